The van der Waals surface area contributed by atoms with Crippen LogP contribution in [0.4, 0.5) is 0 Å². The second-order valence-corrected chi connectivity index (χ2v) is 4.01. The molecule has 1 aromatic heterocycles. The summed E-state index contributed by atoms with van der Waals surface area (Å²) in [6, 6.07) is 7.32. The molecule has 0 aliphatic rings. The Hall–Kier alpha value is -1.82. The van der Waals surface area contributed by atoms with E-state index in [1.807, 2.05) is 18.2 Å². The zero-order chi connectivity index (χ0) is 12.3. The quantitative estimate of drug-likeness (QED) is 0.939. The van der Waals surface area contributed by atoms with Crippen LogP contribution in [0.25, 0.3) is 0 Å². The van der Waals surface area contributed by atoms with E-state index in [1.165, 1.54) is 0 Å². The van der Waals surface area contributed by atoms with E-state index in [2.05, 4.69) is 20.9 Å². The molecule has 0 amide bonds. The first-order chi connectivity index (χ1) is 8.16. The van der Waals surface area contributed by atoms with Gasteiger partial charge in [0.05, 0.1) is 4.47 Å². The van der Waals surface area contributed by atoms with Crippen LogP contribution in [0.3, 0.4) is 0 Å². The lowest BCUT2D eigenvalue weighted by molar-refractivity contribution is 0.0690. The van der Waals surface area contributed by atoms with Crippen LogP contribution in [0.1, 0.15) is 16.4 Å². The van der Waals surface area contributed by atoms with E-state index >= 15 is 0 Å². The summed E-state index contributed by atoms with van der Waals surface area (Å²) in [6.07, 6.45) is 1.08. The van der Waals surface area contributed by atoms with Crippen molar-refractivity contribution in [2.24, 2.45) is 0 Å². The van der Waals surface area contributed by atoms with Gasteiger partial charge in [0.15, 0.2) is 12.3 Å². The lowest BCUT2D eigenvalue weighted by Gasteiger charge is -2.04. The standard InChI is InChI=1S/C11H8BrNO4/c12-7-3-1-2-4-9(7)16-6-10-13-8(5-17-10)11(14)15/h1-5H,6H2,(H,14,15). The zero-order valence-electron chi connectivity index (χ0n) is 8.59. The Labute approximate surface area is 105 Å². The molecule has 0 unspecified atom stereocenters. The molecule has 1 N–H and O–H groups in total. The number of aromatic nitrogens is 1. The van der Waals surface area contributed by atoms with Crippen LogP contribution in [0.15, 0.2) is 39.4 Å². The first-order valence-electron chi connectivity index (χ1n) is 4.72. The number of rotatable bonds is 4. The number of para-hydroxylation sites is 1. The number of carboxylic acid groups (broad SMARTS) is 1. The Morgan fingerprint density at radius 2 is 2.24 bits per heavy atom. The topological polar surface area (TPSA) is 72.6 Å². The summed E-state index contributed by atoms with van der Waals surface area (Å²) in [6.45, 7) is 0.0793. The second-order valence-electron chi connectivity index (χ2n) is 3.15. The van der Waals surface area contributed by atoms with Crippen LogP contribution >= 0.6 is 15.9 Å². The summed E-state index contributed by atoms with van der Waals surface area (Å²) in [7, 11) is 0. The fraction of sp³-hybridized carbons (Fsp3) is 0.0909. The Bertz CT molecular complexity index is 538. The number of carbonyl (C=O) groups is 1. The highest BCUT2D eigenvalue weighted by molar-refractivity contribution is 9.10. The molecule has 0 aliphatic heterocycles. The van der Waals surface area contributed by atoms with Gasteiger partial charge in [-0.05, 0) is 28.1 Å². The van der Waals surface area contributed by atoms with Crippen molar-refractivity contribution < 1.29 is 19.1 Å². The average Bonchev–Trinajstić information content (AvgIpc) is 2.77. The normalized spacial score (nSPS) is 10.2. The summed E-state index contributed by atoms with van der Waals surface area (Å²) >= 11 is 3.33. The zero-order valence-corrected chi connectivity index (χ0v) is 10.2. The molecule has 88 valence electrons. The van der Waals surface area contributed by atoms with E-state index in [4.69, 9.17) is 14.3 Å². The van der Waals surface area contributed by atoms with Crippen molar-refractivity contribution >= 4 is 21.9 Å². The number of hydrogen-bond donors (Lipinski definition) is 1. The van der Waals surface area contributed by atoms with Crippen molar-refractivity contribution in [3.63, 3.8) is 0 Å². The van der Waals surface area contributed by atoms with Gasteiger partial charge in [0.1, 0.15) is 12.0 Å². The van der Waals surface area contributed by atoms with Crippen molar-refractivity contribution in [2.45, 2.75) is 6.61 Å². The minimum absolute atomic E-state index is 0.0793. The summed E-state index contributed by atoms with van der Waals surface area (Å²) < 4.78 is 11.2. The Morgan fingerprint density at radius 1 is 1.47 bits per heavy atom. The van der Waals surface area contributed by atoms with Crippen LogP contribution < -0.4 is 4.74 Å². The smallest absolute Gasteiger partial charge is 0.357 e. The third-order valence-electron chi connectivity index (χ3n) is 1.96. The number of aromatic carboxylic acids is 1. The predicted octanol–water partition coefficient (Wildman–Crippen LogP) is 2.71. The largest absolute Gasteiger partial charge is 0.483 e. The maximum Gasteiger partial charge on any atom is 0.357 e. The molecule has 0 saturated carbocycles. The van der Waals surface area contributed by atoms with Crippen LogP contribution in [-0.2, 0) is 6.61 Å². The lowest BCUT2D eigenvalue weighted by atomic mass is 10.3. The van der Waals surface area contributed by atoms with E-state index < -0.39 is 5.97 Å². The molecule has 2 rings (SSSR count). The van der Waals surface area contributed by atoms with Crippen molar-refractivity contribution in [1.29, 1.82) is 0 Å². The number of nitrogens with zero attached hydrogens (tertiary/aromatic N) is 1. The van der Waals surface area contributed by atoms with Gasteiger partial charge in [-0.25, -0.2) is 9.78 Å². The van der Waals surface area contributed by atoms with Crippen molar-refractivity contribution in [3.05, 3.63) is 46.6 Å². The van der Waals surface area contributed by atoms with Gasteiger partial charge in [0.2, 0.25) is 5.89 Å². The Kier molecular flexibility index (Phi) is 3.43. The maximum absolute atomic E-state index is 10.6. The van der Waals surface area contributed by atoms with Gasteiger partial charge in [0.25, 0.3) is 0 Å². The first-order valence-corrected chi connectivity index (χ1v) is 5.51. The van der Waals surface area contributed by atoms with E-state index in [-0.39, 0.29) is 18.2 Å². The third kappa shape index (κ3) is 2.85. The summed E-state index contributed by atoms with van der Waals surface area (Å²) in [4.78, 5) is 14.3. The SMILES string of the molecule is O=C(O)c1coc(COc2ccccc2Br)n1. The first kappa shape index (κ1) is 11.7. The minimum atomic E-state index is -1.12. The Morgan fingerprint density at radius 3 is 2.88 bits per heavy atom. The van der Waals surface area contributed by atoms with Crippen LogP contribution in [0.5, 0.6) is 5.75 Å². The molecule has 1 heterocycles. The molecular weight excluding hydrogens is 290 g/mol. The van der Waals surface area contributed by atoms with E-state index in [0.29, 0.717) is 5.75 Å². The number of carboxylic acids is 1. The number of halogens is 1. The fourth-order valence-electron chi connectivity index (χ4n) is 1.18. The molecule has 17 heavy (non-hydrogen) atoms. The van der Waals surface area contributed by atoms with Crippen molar-refractivity contribution in [1.82, 2.24) is 4.98 Å². The van der Waals surface area contributed by atoms with E-state index in [0.717, 1.165) is 10.7 Å². The molecule has 6 heteroatoms. The molecular formula is C11H8BrNO4. The molecule has 0 radical (unpaired) electrons. The van der Waals surface area contributed by atoms with Crippen LogP contribution in [0, 0.1) is 0 Å². The third-order valence-corrected chi connectivity index (χ3v) is 2.61. The molecule has 0 aliphatic carbocycles. The Balaban J connectivity index is 2.02. The van der Waals surface area contributed by atoms with Gasteiger partial charge in [-0.3, -0.25) is 0 Å². The lowest BCUT2D eigenvalue weighted by Crippen LogP contribution is -1.99. The molecule has 0 fully saturated rings. The molecule has 2 aromatic rings. The average molecular weight is 298 g/mol. The number of hydrogen-bond acceptors (Lipinski definition) is 4. The van der Waals surface area contributed by atoms with Gasteiger partial charge < -0.3 is 14.3 Å². The maximum atomic E-state index is 10.6. The monoisotopic (exact) mass is 297 g/mol. The molecule has 1 aromatic carbocycles. The van der Waals surface area contributed by atoms with Gasteiger partial charge in [-0.15, -0.1) is 0 Å². The highest BCUT2D eigenvalue weighted by atomic mass is 79.9. The van der Waals surface area contributed by atoms with Gasteiger partial charge in [0, 0.05) is 0 Å². The molecule has 0 bridgehead atoms. The van der Waals surface area contributed by atoms with Crippen molar-refractivity contribution in [2.75, 3.05) is 0 Å². The van der Waals surface area contributed by atoms with Gasteiger partial charge >= 0.3 is 5.97 Å². The molecule has 0 atom stereocenters. The second kappa shape index (κ2) is 5.01. The predicted molar refractivity (Wildman–Crippen MR) is 61.9 cm³/mol. The van der Waals surface area contributed by atoms with Gasteiger partial charge in [-0.2, -0.15) is 0 Å². The minimum Gasteiger partial charge on any atom is -0.483 e. The fourth-order valence-corrected chi connectivity index (χ4v) is 1.58. The molecule has 0 saturated heterocycles. The summed E-state index contributed by atoms with van der Waals surface area (Å²) in [5, 5.41) is 8.66. The van der Waals surface area contributed by atoms with Gasteiger partial charge in [-0.1, -0.05) is 12.1 Å². The van der Waals surface area contributed by atoms with E-state index in [9.17, 15) is 4.79 Å². The summed E-state index contributed by atoms with van der Waals surface area (Å²) in [5.74, 6) is -0.262. The number of oxazole rings is 1. The van der Waals surface area contributed by atoms with Crippen LogP contribution in [-0.4, -0.2) is 16.1 Å². The van der Waals surface area contributed by atoms with Crippen molar-refractivity contribution in [3.8, 4) is 5.75 Å². The highest BCUT2D eigenvalue weighted by Gasteiger charge is 2.11. The van der Waals surface area contributed by atoms with E-state index in [1.54, 1.807) is 6.07 Å². The van der Waals surface area contributed by atoms with Crippen LogP contribution in [0.2, 0.25) is 0 Å². The molecule has 5 nitrogen and oxygen atoms in total. The molecule has 0 spiro atoms. The highest BCUT2D eigenvalue weighted by Crippen LogP contribution is 2.24. The number of benzene rings is 1. The number of ether oxygens (including phenoxy) is 1. The summed E-state index contributed by atoms with van der Waals surface area (Å²) in [5.41, 5.74) is -0.129.